The summed E-state index contributed by atoms with van der Waals surface area (Å²) in [5.74, 6) is 1.58. The Morgan fingerprint density at radius 3 is 2.81 bits per heavy atom. The maximum absolute atomic E-state index is 12.9. The van der Waals surface area contributed by atoms with Gasteiger partial charge in [-0.3, -0.25) is 4.79 Å². The first kappa shape index (κ1) is 17.6. The van der Waals surface area contributed by atoms with Gasteiger partial charge < -0.3 is 24.3 Å². The molecule has 4 rings (SSSR count). The predicted molar refractivity (Wildman–Crippen MR) is 102 cm³/mol. The zero-order valence-electron chi connectivity index (χ0n) is 15.6. The Labute approximate surface area is 157 Å². The van der Waals surface area contributed by atoms with E-state index in [-0.39, 0.29) is 5.91 Å². The summed E-state index contributed by atoms with van der Waals surface area (Å²) in [5, 5.41) is 11.8. The molecule has 27 heavy (non-hydrogen) atoms. The van der Waals surface area contributed by atoms with E-state index in [1.54, 1.807) is 18.2 Å². The number of hydrogen-bond donors (Lipinski definition) is 2. The molecule has 7 nitrogen and oxygen atoms in total. The maximum Gasteiger partial charge on any atom is 0.270 e. The third-order valence-electron chi connectivity index (χ3n) is 5.44. The summed E-state index contributed by atoms with van der Waals surface area (Å²) in [6.45, 7) is 3.47. The maximum atomic E-state index is 12.9. The van der Waals surface area contributed by atoms with Gasteiger partial charge in [-0.25, -0.2) is 4.98 Å². The topological polar surface area (TPSA) is 83.4 Å². The van der Waals surface area contributed by atoms with Crippen molar-refractivity contribution in [1.29, 1.82) is 0 Å². The third kappa shape index (κ3) is 3.30. The SMILES string of the molecule is COc1cccc2[nH]c(C(=O)N3CCC(O)(Cn4ccnc4C)CC3)cc12. The van der Waals surface area contributed by atoms with E-state index in [1.807, 2.05) is 42.0 Å². The van der Waals surface area contributed by atoms with Gasteiger partial charge in [0.25, 0.3) is 5.91 Å². The van der Waals surface area contributed by atoms with Crippen molar-refractivity contribution < 1.29 is 14.6 Å². The van der Waals surface area contributed by atoms with Crippen LogP contribution in [0, 0.1) is 6.92 Å². The molecule has 142 valence electrons. The summed E-state index contributed by atoms with van der Waals surface area (Å²) in [5.41, 5.74) is 0.610. The lowest BCUT2D eigenvalue weighted by molar-refractivity contribution is -0.0296. The Balaban J connectivity index is 1.46. The molecule has 1 amide bonds. The Hall–Kier alpha value is -2.80. The predicted octanol–water partition coefficient (Wildman–Crippen LogP) is 2.35. The quantitative estimate of drug-likeness (QED) is 0.740. The molecule has 3 heterocycles. The van der Waals surface area contributed by atoms with Gasteiger partial charge in [-0.2, -0.15) is 0 Å². The molecule has 1 aliphatic heterocycles. The summed E-state index contributed by atoms with van der Waals surface area (Å²) < 4.78 is 7.33. The second-order valence-corrected chi connectivity index (χ2v) is 7.22. The lowest BCUT2D eigenvalue weighted by Crippen LogP contribution is -2.48. The van der Waals surface area contributed by atoms with Crippen LogP contribution < -0.4 is 4.74 Å². The zero-order chi connectivity index (χ0) is 19.0. The molecule has 7 heteroatoms. The number of fused-ring (bicyclic) bond motifs is 1. The number of aryl methyl sites for hydroxylation is 1. The minimum Gasteiger partial charge on any atom is -0.496 e. The van der Waals surface area contributed by atoms with Gasteiger partial charge in [-0.15, -0.1) is 0 Å². The van der Waals surface area contributed by atoms with Crippen molar-refractivity contribution in [3.63, 3.8) is 0 Å². The van der Waals surface area contributed by atoms with Crippen molar-refractivity contribution in [1.82, 2.24) is 19.4 Å². The Bertz CT molecular complexity index is 967. The molecular formula is C20H24N4O3. The largest absolute Gasteiger partial charge is 0.496 e. The zero-order valence-corrected chi connectivity index (χ0v) is 15.6. The van der Waals surface area contributed by atoms with Crippen LogP contribution in [0.4, 0.5) is 0 Å². The number of carbonyl (C=O) groups excluding carboxylic acids is 1. The first-order chi connectivity index (χ1) is 13.0. The van der Waals surface area contributed by atoms with E-state index < -0.39 is 5.60 Å². The van der Waals surface area contributed by atoms with E-state index >= 15 is 0 Å². The van der Waals surface area contributed by atoms with Crippen LogP contribution in [0.3, 0.4) is 0 Å². The molecule has 0 aliphatic carbocycles. The van der Waals surface area contributed by atoms with Crippen molar-refractivity contribution >= 4 is 16.8 Å². The fourth-order valence-electron chi connectivity index (χ4n) is 3.76. The van der Waals surface area contributed by atoms with Crippen LogP contribution in [0.25, 0.3) is 10.9 Å². The number of likely N-dealkylation sites (tertiary alicyclic amines) is 1. The smallest absolute Gasteiger partial charge is 0.270 e. The fourth-order valence-corrected chi connectivity index (χ4v) is 3.76. The summed E-state index contributed by atoms with van der Waals surface area (Å²) in [6, 6.07) is 7.54. The van der Waals surface area contributed by atoms with Crippen molar-refractivity contribution in [3.8, 4) is 5.75 Å². The number of aliphatic hydroxyl groups is 1. The van der Waals surface area contributed by atoms with Crippen LogP contribution in [0.5, 0.6) is 5.75 Å². The lowest BCUT2D eigenvalue weighted by Gasteiger charge is -2.38. The van der Waals surface area contributed by atoms with Crippen molar-refractivity contribution in [2.24, 2.45) is 0 Å². The van der Waals surface area contributed by atoms with Gasteiger partial charge in [0.2, 0.25) is 0 Å². The molecule has 0 bridgehead atoms. The van der Waals surface area contributed by atoms with Crippen molar-refractivity contribution in [2.45, 2.75) is 31.9 Å². The molecule has 0 unspecified atom stereocenters. The van der Waals surface area contributed by atoms with Gasteiger partial charge in [-0.1, -0.05) is 6.07 Å². The normalized spacial score (nSPS) is 16.6. The highest BCUT2D eigenvalue weighted by Gasteiger charge is 2.35. The van der Waals surface area contributed by atoms with E-state index in [0.717, 1.165) is 22.5 Å². The van der Waals surface area contributed by atoms with E-state index in [1.165, 1.54) is 0 Å². The number of nitrogens with zero attached hydrogens (tertiary/aromatic N) is 3. The van der Waals surface area contributed by atoms with Gasteiger partial charge >= 0.3 is 0 Å². The molecule has 1 aromatic carbocycles. The molecule has 1 aliphatic rings. The Morgan fingerprint density at radius 2 is 2.15 bits per heavy atom. The monoisotopic (exact) mass is 368 g/mol. The van der Waals surface area contributed by atoms with Gasteiger partial charge in [0.05, 0.1) is 19.3 Å². The molecule has 0 radical (unpaired) electrons. The Kier molecular flexibility index (Phi) is 4.39. The number of H-pyrrole nitrogens is 1. The van der Waals surface area contributed by atoms with Crippen LogP contribution in [-0.2, 0) is 6.54 Å². The molecule has 0 saturated carbocycles. The fraction of sp³-hybridized carbons (Fsp3) is 0.400. The van der Waals surface area contributed by atoms with Crippen LogP contribution in [0.1, 0.15) is 29.2 Å². The van der Waals surface area contributed by atoms with Crippen LogP contribution in [0.2, 0.25) is 0 Å². The number of piperidine rings is 1. The van der Waals surface area contributed by atoms with E-state index in [9.17, 15) is 9.90 Å². The van der Waals surface area contributed by atoms with Gasteiger partial charge in [0, 0.05) is 36.4 Å². The molecule has 3 aromatic rings. The summed E-state index contributed by atoms with van der Waals surface area (Å²) >= 11 is 0. The highest BCUT2D eigenvalue weighted by atomic mass is 16.5. The van der Waals surface area contributed by atoms with Gasteiger partial charge in [0.1, 0.15) is 17.3 Å². The minimum absolute atomic E-state index is 0.0471. The average Bonchev–Trinajstić information content (AvgIpc) is 3.27. The highest BCUT2D eigenvalue weighted by Crippen LogP contribution is 2.29. The lowest BCUT2D eigenvalue weighted by atomic mass is 9.91. The first-order valence-electron chi connectivity index (χ1n) is 9.14. The van der Waals surface area contributed by atoms with Crippen LogP contribution >= 0.6 is 0 Å². The number of nitrogens with one attached hydrogen (secondary N) is 1. The van der Waals surface area contributed by atoms with Crippen LogP contribution in [0.15, 0.2) is 36.7 Å². The number of benzene rings is 1. The second kappa shape index (κ2) is 6.74. The first-order valence-corrected chi connectivity index (χ1v) is 9.14. The number of methoxy groups -OCH3 is 1. The minimum atomic E-state index is -0.814. The molecule has 0 atom stereocenters. The number of hydrogen-bond acceptors (Lipinski definition) is 4. The second-order valence-electron chi connectivity index (χ2n) is 7.22. The Morgan fingerprint density at radius 1 is 1.37 bits per heavy atom. The molecule has 0 spiro atoms. The summed E-state index contributed by atoms with van der Waals surface area (Å²) in [6.07, 6.45) is 4.70. The number of ether oxygens (including phenoxy) is 1. The molecule has 2 N–H and O–H groups in total. The summed E-state index contributed by atoms with van der Waals surface area (Å²) in [4.78, 5) is 22.1. The highest BCUT2D eigenvalue weighted by molar-refractivity contribution is 5.99. The molecule has 1 saturated heterocycles. The van der Waals surface area contributed by atoms with E-state index in [4.69, 9.17) is 4.74 Å². The molecular weight excluding hydrogens is 344 g/mol. The standard InChI is InChI=1S/C20H24N4O3/c1-14-21-8-11-24(14)13-20(26)6-9-23(10-7-20)19(25)17-12-15-16(22-17)4-3-5-18(15)27-2/h3-5,8,11-12,22,26H,6-7,9-10,13H2,1-2H3. The van der Waals surface area contributed by atoms with Gasteiger partial charge in [-0.05, 0) is 38.0 Å². The number of aromatic nitrogens is 3. The van der Waals surface area contributed by atoms with Crippen LogP contribution in [-0.4, -0.2) is 56.2 Å². The van der Waals surface area contributed by atoms with Gasteiger partial charge in [0.15, 0.2) is 0 Å². The number of rotatable bonds is 4. The van der Waals surface area contributed by atoms with Crippen molar-refractivity contribution in [3.05, 3.63) is 48.2 Å². The number of aromatic amines is 1. The number of imidazole rings is 1. The number of amides is 1. The molecule has 1 fully saturated rings. The van der Waals surface area contributed by atoms with Crippen molar-refractivity contribution in [2.75, 3.05) is 20.2 Å². The summed E-state index contributed by atoms with van der Waals surface area (Å²) in [7, 11) is 1.62. The third-order valence-corrected chi connectivity index (χ3v) is 5.44. The van der Waals surface area contributed by atoms with E-state index in [2.05, 4.69) is 9.97 Å². The average molecular weight is 368 g/mol. The number of carbonyl (C=O) groups is 1. The van der Waals surface area contributed by atoms with E-state index in [0.29, 0.717) is 38.2 Å². The molecule has 2 aromatic heterocycles.